The second-order valence-electron chi connectivity index (χ2n) is 5.83. The lowest BCUT2D eigenvalue weighted by Crippen LogP contribution is -2.37. The summed E-state index contributed by atoms with van der Waals surface area (Å²) in [5.41, 5.74) is 1.40. The molecule has 1 aliphatic carbocycles. The van der Waals surface area contributed by atoms with Crippen LogP contribution in [-0.4, -0.2) is 34.7 Å². The maximum atomic E-state index is 5.86. The van der Waals surface area contributed by atoms with Gasteiger partial charge >= 0.3 is 0 Å². The van der Waals surface area contributed by atoms with Gasteiger partial charge in [0.25, 0.3) is 0 Å². The molecule has 0 spiro atoms. The number of hydrogen-bond donors (Lipinski definition) is 1. The molecule has 3 unspecified atom stereocenters. The SMILES string of the molecule is CCNC(c1ccc(OC2CC2)cc1)C1SCCSC1C. The van der Waals surface area contributed by atoms with Crippen LogP contribution in [0.3, 0.4) is 0 Å². The molecule has 1 aromatic rings. The van der Waals surface area contributed by atoms with E-state index in [0.717, 1.165) is 12.3 Å². The maximum Gasteiger partial charge on any atom is 0.119 e. The predicted octanol–water partition coefficient (Wildman–Crippen LogP) is 4.12. The molecule has 0 amide bonds. The van der Waals surface area contributed by atoms with E-state index in [2.05, 4.69) is 67.0 Å². The molecule has 2 fully saturated rings. The third-order valence-corrected chi connectivity index (χ3v) is 7.25. The van der Waals surface area contributed by atoms with Gasteiger partial charge in [-0.1, -0.05) is 26.0 Å². The van der Waals surface area contributed by atoms with Crippen LogP contribution in [0.2, 0.25) is 0 Å². The highest BCUT2D eigenvalue weighted by Gasteiger charge is 2.31. The first-order chi connectivity index (χ1) is 10.3. The predicted molar refractivity (Wildman–Crippen MR) is 94.7 cm³/mol. The largest absolute Gasteiger partial charge is 0.490 e. The Morgan fingerprint density at radius 2 is 1.90 bits per heavy atom. The fourth-order valence-electron chi connectivity index (χ4n) is 2.79. The molecule has 116 valence electrons. The Morgan fingerprint density at radius 1 is 1.19 bits per heavy atom. The van der Waals surface area contributed by atoms with Crippen molar-refractivity contribution in [1.29, 1.82) is 0 Å². The van der Waals surface area contributed by atoms with Crippen molar-refractivity contribution in [3.63, 3.8) is 0 Å². The zero-order chi connectivity index (χ0) is 14.7. The van der Waals surface area contributed by atoms with Crippen LogP contribution < -0.4 is 10.1 Å². The van der Waals surface area contributed by atoms with Crippen LogP contribution in [0, 0.1) is 0 Å². The van der Waals surface area contributed by atoms with Crippen molar-refractivity contribution in [2.45, 2.75) is 49.3 Å². The van der Waals surface area contributed by atoms with Gasteiger partial charge in [-0.15, -0.1) is 0 Å². The van der Waals surface area contributed by atoms with E-state index in [4.69, 9.17) is 4.74 Å². The fourth-order valence-corrected chi connectivity index (χ4v) is 5.74. The van der Waals surface area contributed by atoms with Gasteiger partial charge in [-0.2, -0.15) is 23.5 Å². The van der Waals surface area contributed by atoms with Gasteiger partial charge in [0, 0.05) is 28.0 Å². The summed E-state index contributed by atoms with van der Waals surface area (Å²) in [7, 11) is 0. The van der Waals surface area contributed by atoms with Gasteiger partial charge in [-0.3, -0.25) is 0 Å². The van der Waals surface area contributed by atoms with Crippen molar-refractivity contribution in [3.05, 3.63) is 29.8 Å². The summed E-state index contributed by atoms with van der Waals surface area (Å²) in [5.74, 6) is 3.58. The summed E-state index contributed by atoms with van der Waals surface area (Å²) in [6.07, 6.45) is 2.91. The molecule has 1 aliphatic heterocycles. The van der Waals surface area contributed by atoms with Crippen LogP contribution in [0.1, 0.15) is 38.3 Å². The third kappa shape index (κ3) is 4.11. The zero-order valence-corrected chi connectivity index (χ0v) is 14.5. The molecule has 0 bridgehead atoms. The van der Waals surface area contributed by atoms with Crippen LogP contribution >= 0.6 is 23.5 Å². The Hall–Kier alpha value is -0.320. The molecule has 1 saturated heterocycles. The van der Waals surface area contributed by atoms with Crippen LogP contribution in [0.25, 0.3) is 0 Å². The number of hydrogen-bond acceptors (Lipinski definition) is 4. The number of rotatable bonds is 6. The Kier molecular flexibility index (Phi) is 5.41. The van der Waals surface area contributed by atoms with Gasteiger partial charge in [-0.05, 0) is 37.1 Å². The van der Waals surface area contributed by atoms with Crippen LogP contribution in [0.5, 0.6) is 5.75 Å². The van der Waals surface area contributed by atoms with E-state index in [9.17, 15) is 0 Å². The van der Waals surface area contributed by atoms with Crippen LogP contribution in [0.4, 0.5) is 0 Å². The minimum atomic E-state index is 0.442. The van der Waals surface area contributed by atoms with Crippen molar-refractivity contribution in [1.82, 2.24) is 5.32 Å². The van der Waals surface area contributed by atoms with Crippen molar-refractivity contribution in [3.8, 4) is 5.75 Å². The van der Waals surface area contributed by atoms with E-state index in [0.29, 0.717) is 22.6 Å². The summed E-state index contributed by atoms with van der Waals surface area (Å²) in [4.78, 5) is 0. The topological polar surface area (TPSA) is 21.3 Å². The molecule has 2 nitrogen and oxygen atoms in total. The number of ether oxygens (including phenoxy) is 1. The molecule has 0 radical (unpaired) electrons. The maximum absolute atomic E-state index is 5.86. The van der Waals surface area contributed by atoms with Crippen molar-refractivity contribution < 1.29 is 4.74 Å². The number of nitrogens with one attached hydrogen (secondary N) is 1. The molecular weight excluding hydrogens is 298 g/mol. The second-order valence-corrected chi connectivity index (χ2v) is 8.60. The van der Waals surface area contributed by atoms with E-state index >= 15 is 0 Å². The van der Waals surface area contributed by atoms with Gasteiger partial charge in [-0.25, -0.2) is 0 Å². The highest BCUT2D eigenvalue weighted by atomic mass is 32.2. The first-order valence-electron chi connectivity index (χ1n) is 8.01. The molecule has 4 heteroatoms. The zero-order valence-electron chi connectivity index (χ0n) is 12.9. The van der Waals surface area contributed by atoms with E-state index in [-0.39, 0.29) is 0 Å². The lowest BCUT2D eigenvalue weighted by Gasteiger charge is -2.35. The normalized spacial score (nSPS) is 27.3. The number of thioether (sulfide) groups is 2. The molecule has 1 heterocycles. The highest BCUT2D eigenvalue weighted by Crippen LogP contribution is 2.39. The lowest BCUT2D eigenvalue weighted by atomic mass is 10.0. The van der Waals surface area contributed by atoms with Crippen LogP contribution in [-0.2, 0) is 0 Å². The van der Waals surface area contributed by atoms with Crippen molar-refractivity contribution in [2.75, 3.05) is 18.1 Å². The summed E-state index contributed by atoms with van der Waals surface area (Å²) >= 11 is 4.23. The number of benzene rings is 1. The van der Waals surface area contributed by atoms with Crippen molar-refractivity contribution in [2.24, 2.45) is 0 Å². The minimum absolute atomic E-state index is 0.442. The lowest BCUT2D eigenvalue weighted by molar-refractivity contribution is 0.303. The Labute approximate surface area is 136 Å². The third-order valence-electron chi connectivity index (χ3n) is 4.06. The van der Waals surface area contributed by atoms with E-state index in [1.54, 1.807) is 0 Å². The molecule has 2 aliphatic rings. The van der Waals surface area contributed by atoms with E-state index in [1.807, 2.05) is 0 Å². The average Bonchev–Trinajstić information content (AvgIpc) is 3.31. The molecular formula is C17H25NOS2. The standard InChI is InChI=1S/C17H25NOS2/c1-3-18-16(17-12(2)20-10-11-21-17)13-4-6-14(7-5-13)19-15-8-9-15/h4-7,12,15-18H,3,8-11H2,1-2H3. The van der Waals surface area contributed by atoms with E-state index < -0.39 is 0 Å². The van der Waals surface area contributed by atoms with Gasteiger partial charge in [0.1, 0.15) is 5.75 Å². The summed E-state index contributed by atoms with van der Waals surface area (Å²) < 4.78 is 5.86. The van der Waals surface area contributed by atoms with Gasteiger partial charge in [0.2, 0.25) is 0 Å². The molecule has 1 aromatic carbocycles. The van der Waals surface area contributed by atoms with Crippen LogP contribution in [0.15, 0.2) is 24.3 Å². The summed E-state index contributed by atoms with van der Waals surface area (Å²) in [6, 6.07) is 9.22. The molecule has 3 atom stereocenters. The summed E-state index contributed by atoms with van der Waals surface area (Å²) in [6.45, 7) is 5.58. The molecule has 1 saturated carbocycles. The Morgan fingerprint density at radius 3 is 2.52 bits per heavy atom. The first kappa shape index (κ1) is 15.6. The van der Waals surface area contributed by atoms with Crippen molar-refractivity contribution >= 4 is 23.5 Å². The monoisotopic (exact) mass is 323 g/mol. The van der Waals surface area contributed by atoms with Gasteiger partial charge < -0.3 is 10.1 Å². The summed E-state index contributed by atoms with van der Waals surface area (Å²) in [5, 5.41) is 5.05. The molecule has 0 aromatic heterocycles. The Bertz CT molecular complexity index is 447. The molecule has 1 N–H and O–H groups in total. The Balaban J connectivity index is 1.72. The van der Waals surface area contributed by atoms with Gasteiger partial charge in [0.15, 0.2) is 0 Å². The van der Waals surface area contributed by atoms with E-state index in [1.165, 1.54) is 29.9 Å². The highest BCUT2D eigenvalue weighted by molar-refractivity contribution is 8.07. The molecule has 21 heavy (non-hydrogen) atoms. The second kappa shape index (κ2) is 7.30. The first-order valence-corrected chi connectivity index (χ1v) is 10.1. The minimum Gasteiger partial charge on any atom is -0.490 e. The fraction of sp³-hybridized carbons (Fsp3) is 0.647. The quantitative estimate of drug-likeness (QED) is 0.850. The smallest absolute Gasteiger partial charge is 0.119 e. The average molecular weight is 324 g/mol. The van der Waals surface area contributed by atoms with Gasteiger partial charge in [0.05, 0.1) is 6.10 Å². The molecule has 3 rings (SSSR count).